The zero-order chi connectivity index (χ0) is 12.0. The molecule has 17 heavy (non-hydrogen) atoms. The van der Waals surface area contributed by atoms with Crippen LogP contribution in [0.25, 0.3) is 11.1 Å². The molecule has 1 saturated heterocycles. The molecule has 5 heteroatoms. The SMILES string of the molecule is Cc1nc2c(N3CC(=O)CC3=O)cccc2o1. The number of rotatable bonds is 1. The Kier molecular flexibility index (Phi) is 2.01. The molecule has 0 bridgehead atoms. The van der Waals surface area contributed by atoms with Crippen molar-refractivity contribution >= 4 is 28.5 Å². The van der Waals surface area contributed by atoms with Gasteiger partial charge in [0.25, 0.3) is 0 Å². The number of fused-ring (bicyclic) bond motifs is 1. The lowest BCUT2D eigenvalue weighted by atomic mass is 10.2. The smallest absolute Gasteiger partial charge is 0.234 e. The summed E-state index contributed by atoms with van der Waals surface area (Å²) in [7, 11) is 0. The van der Waals surface area contributed by atoms with Crippen LogP contribution in [0.1, 0.15) is 12.3 Å². The first-order valence-electron chi connectivity index (χ1n) is 5.33. The van der Waals surface area contributed by atoms with Crippen molar-refractivity contribution in [2.24, 2.45) is 0 Å². The molecule has 1 aromatic carbocycles. The number of Topliss-reactive ketones (excluding diaryl/α,β-unsaturated/α-hetero) is 1. The normalized spacial score (nSPS) is 16.2. The summed E-state index contributed by atoms with van der Waals surface area (Å²) < 4.78 is 5.40. The average Bonchev–Trinajstić information content (AvgIpc) is 2.79. The van der Waals surface area contributed by atoms with Gasteiger partial charge in [-0.15, -0.1) is 0 Å². The monoisotopic (exact) mass is 230 g/mol. The Morgan fingerprint density at radius 2 is 2.18 bits per heavy atom. The van der Waals surface area contributed by atoms with Crippen molar-refractivity contribution in [3.8, 4) is 0 Å². The molecule has 3 rings (SSSR count). The van der Waals surface area contributed by atoms with Gasteiger partial charge in [0, 0.05) is 6.92 Å². The molecule has 2 aromatic rings. The van der Waals surface area contributed by atoms with Gasteiger partial charge in [-0.05, 0) is 12.1 Å². The maximum absolute atomic E-state index is 11.7. The topological polar surface area (TPSA) is 63.4 Å². The van der Waals surface area contributed by atoms with E-state index in [1.807, 2.05) is 0 Å². The van der Waals surface area contributed by atoms with Crippen LogP contribution in [0.3, 0.4) is 0 Å². The van der Waals surface area contributed by atoms with Gasteiger partial charge >= 0.3 is 0 Å². The maximum atomic E-state index is 11.7. The number of carbonyl (C=O) groups is 2. The predicted molar refractivity (Wildman–Crippen MR) is 60.7 cm³/mol. The van der Waals surface area contributed by atoms with Gasteiger partial charge in [0.05, 0.1) is 18.7 Å². The Morgan fingerprint density at radius 3 is 2.88 bits per heavy atom. The molecule has 1 aliphatic heterocycles. The summed E-state index contributed by atoms with van der Waals surface area (Å²) >= 11 is 0. The van der Waals surface area contributed by atoms with Crippen molar-refractivity contribution in [3.63, 3.8) is 0 Å². The van der Waals surface area contributed by atoms with Crippen molar-refractivity contribution in [1.82, 2.24) is 4.98 Å². The number of hydrogen-bond donors (Lipinski definition) is 0. The highest BCUT2D eigenvalue weighted by Gasteiger charge is 2.30. The first-order chi connectivity index (χ1) is 8.15. The zero-order valence-corrected chi connectivity index (χ0v) is 9.27. The molecule has 2 heterocycles. The van der Waals surface area contributed by atoms with E-state index < -0.39 is 0 Å². The van der Waals surface area contributed by atoms with Crippen LogP contribution in [0.15, 0.2) is 22.6 Å². The minimum absolute atomic E-state index is 0.0206. The van der Waals surface area contributed by atoms with Crippen LogP contribution >= 0.6 is 0 Å². The third-order valence-electron chi connectivity index (χ3n) is 2.78. The van der Waals surface area contributed by atoms with Crippen LogP contribution < -0.4 is 4.90 Å². The van der Waals surface area contributed by atoms with Gasteiger partial charge in [-0.25, -0.2) is 4.98 Å². The summed E-state index contributed by atoms with van der Waals surface area (Å²) in [5.41, 5.74) is 1.91. The minimum atomic E-state index is -0.178. The van der Waals surface area contributed by atoms with Crippen molar-refractivity contribution in [2.45, 2.75) is 13.3 Å². The molecule has 1 aliphatic rings. The van der Waals surface area contributed by atoms with Crippen LogP contribution in [-0.2, 0) is 9.59 Å². The number of aryl methyl sites for hydroxylation is 1. The fourth-order valence-electron chi connectivity index (χ4n) is 2.07. The number of carbonyl (C=O) groups excluding carboxylic acids is 2. The molecule has 0 unspecified atom stereocenters. The van der Waals surface area contributed by atoms with E-state index in [-0.39, 0.29) is 24.7 Å². The zero-order valence-electron chi connectivity index (χ0n) is 9.27. The number of anilines is 1. The number of aromatic nitrogens is 1. The number of ketones is 1. The van der Waals surface area contributed by atoms with E-state index in [4.69, 9.17) is 4.42 Å². The number of para-hydroxylation sites is 1. The molecule has 1 amide bonds. The Labute approximate surface area is 97.0 Å². The van der Waals surface area contributed by atoms with Gasteiger partial charge in [-0.2, -0.15) is 0 Å². The Hall–Kier alpha value is -2.17. The Morgan fingerprint density at radius 1 is 1.35 bits per heavy atom. The van der Waals surface area contributed by atoms with E-state index in [1.165, 1.54) is 4.90 Å². The third kappa shape index (κ3) is 1.51. The molecular weight excluding hydrogens is 220 g/mol. The molecule has 0 aliphatic carbocycles. The van der Waals surface area contributed by atoms with Gasteiger partial charge in [0.15, 0.2) is 17.3 Å². The van der Waals surface area contributed by atoms with Gasteiger partial charge in [-0.3, -0.25) is 9.59 Å². The summed E-state index contributed by atoms with van der Waals surface area (Å²) in [6.07, 6.45) is -0.0206. The van der Waals surface area contributed by atoms with E-state index in [0.717, 1.165) is 0 Å². The number of amides is 1. The van der Waals surface area contributed by atoms with E-state index in [1.54, 1.807) is 25.1 Å². The van der Waals surface area contributed by atoms with E-state index in [2.05, 4.69) is 4.98 Å². The average molecular weight is 230 g/mol. The van der Waals surface area contributed by atoms with Crippen LogP contribution in [0, 0.1) is 6.92 Å². The third-order valence-corrected chi connectivity index (χ3v) is 2.78. The van der Waals surface area contributed by atoms with E-state index in [9.17, 15) is 9.59 Å². The molecule has 0 N–H and O–H groups in total. The maximum Gasteiger partial charge on any atom is 0.234 e. The van der Waals surface area contributed by atoms with E-state index in [0.29, 0.717) is 22.7 Å². The highest BCUT2D eigenvalue weighted by atomic mass is 16.3. The van der Waals surface area contributed by atoms with Gasteiger partial charge in [0.2, 0.25) is 5.91 Å². The molecule has 5 nitrogen and oxygen atoms in total. The largest absolute Gasteiger partial charge is 0.441 e. The number of hydrogen-bond acceptors (Lipinski definition) is 4. The first kappa shape index (κ1) is 10.0. The molecule has 0 saturated carbocycles. The summed E-state index contributed by atoms with van der Waals surface area (Å²) in [5, 5.41) is 0. The van der Waals surface area contributed by atoms with Crippen LogP contribution in [-0.4, -0.2) is 23.2 Å². The first-order valence-corrected chi connectivity index (χ1v) is 5.33. The summed E-state index contributed by atoms with van der Waals surface area (Å²) in [6, 6.07) is 5.36. The molecule has 0 atom stereocenters. The summed E-state index contributed by atoms with van der Waals surface area (Å²) in [4.78, 5) is 28.7. The van der Waals surface area contributed by atoms with Crippen molar-refractivity contribution in [2.75, 3.05) is 11.4 Å². The summed E-state index contributed by atoms with van der Waals surface area (Å²) in [5.74, 6) is 0.306. The number of nitrogens with zero attached hydrogens (tertiary/aromatic N) is 2. The van der Waals surface area contributed by atoms with Gasteiger partial charge < -0.3 is 9.32 Å². The highest BCUT2D eigenvalue weighted by Crippen LogP contribution is 2.29. The van der Waals surface area contributed by atoms with Gasteiger partial charge in [0.1, 0.15) is 5.52 Å². The molecule has 0 spiro atoms. The summed E-state index contributed by atoms with van der Waals surface area (Å²) in [6.45, 7) is 1.88. The lowest BCUT2D eigenvalue weighted by Gasteiger charge is -2.14. The minimum Gasteiger partial charge on any atom is -0.441 e. The lowest BCUT2D eigenvalue weighted by Crippen LogP contribution is -2.24. The van der Waals surface area contributed by atoms with Crippen molar-refractivity contribution < 1.29 is 14.0 Å². The fraction of sp³-hybridized carbons (Fsp3) is 0.250. The Bertz CT molecular complexity index is 630. The standard InChI is InChI=1S/C12H10N2O3/c1-7-13-12-9(3-2-4-10(12)17-7)14-6-8(15)5-11(14)16/h2-4H,5-6H2,1H3. The number of benzene rings is 1. The Balaban J connectivity index is 2.17. The molecule has 1 fully saturated rings. The molecule has 1 aromatic heterocycles. The van der Waals surface area contributed by atoms with Crippen molar-refractivity contribution in [1.29, 1.82) is 0 Å². The second kappa shape index (κ2) is 3.41. The number of oxazole rings is 1. The van der Waals surface area contributed by atoms with Crippen LogP contribution in [0.4, 0.5) is 5.69 Å². The highest BCUT2D eigenvalue weighted by molar-refractivity contribution is 6.17. The quantitative estimate of drug-likeness (QED) is 0.695. The fourth-order valence-corrected chi connectivity index (χ4v) is 2.07. The van der Waals surface area contributed by atoms with Crippen LogP contribution in [0.2, 0.25) is 0 Å². The lowest BCUT2D eigenvalue weighted by molar-refractivity contribution is -0.121. The molecule has 86 valence electrons. The molecular formula is C12H10N2O3. The second-order valence-electron chi connectivity index (χ2n) is 4.05. The predicted octanol–water partition coefficient (Wildman–Crippen LogP) is 1.44. The van der Waals surface area contributed by atoms with E-state index >= 15 is 0 Å². The van der Waals surface area contributed by atoms with Crippen LogP contribution in [0.5, 0.6) is 0 Å². The second-order valence-corrected chi connectivity index (χ2v) is 4.05. The van der Waals surface area contributed by atoms with Gasteiger partial charge in [-0.1, -0.05) is 6.07 Å². The van der Waals surface area contributed by atoms with Crippen molar-refractivity contribution in [3.05, 3.63) is 24.1 Å². The molecule has 0 radical (unpaired) electrons.